The number of amides is 2. The van der Waals surface area contributed by atoms with Crippen molar-refractivity contribution in [2.45, 2.75) is 39.1 Å². The van der Waals surface area contributed by atoms with E-state index in [0.717, 1.165) is 0 Å². The number of piperidine rings is 1. The molecule has 2 fully saturated rings. The third-order valence-corrected chi connectivity index (χ3v) is 5.11. The molecular weight excluding hydrogens is 439 g/mol. The van der Waals surface area contributed by atoms with Crippen LogP contribution in [0.4, 0.5) is 20.6 Å². The highest BCUT2D eigenvalue weighted by molar-refractivity contribution is 5.90. The van der Waals surface area contributed by atoms with E-state index in [1.165, 1.54) is 24.8 Å². The van der Waals surface area contributed by atoms with Crippen LogP contribution in [0.3, 0.4) is 0 Å². The zero-order valence-electron chi connectivity index (χ0n) is 18.5. The number of anilines is 2. The first kappa shape index (κ1) is 24.2. The van der Waals surface area contributed by atoms with Crippen molar-refractivity contribution in [3.63, 3.8) is 0 Å². The van der Waals surface area contributed by atoms with E-state index in [2.05, 4.69) is 15.2 Å². The lowest BCUT2D eigenvalue weighted by atomic mass is 10.1. The molecule has 2 aliphatic rings. The van der Waals surface area contributed by atoms with E-state index in [1.807, 2.05) is 4.90 Å². The largest absolute Gasteiger partial charge is 0.459 e. The van der Waals surface area contributed by atoms with Gasteiger partial charge in [0.25, 0.3) is 6.29 Å². The third kappa shape index (κ3) is 6.78. The van der Waals surface area contributed by atoms with Crippen LogP contribution in [0.15, 0.2) is 23.4 Å². The molecule has 2 N–H and O–H groups in total. The highest BCUT2D eigenvalue weighted by Gasteiger charge is 2.33. The zero-order valence-corrected chi connectivity index (χ0v) is 18.5. The molecule has 3 rings (SSSR count). The second kappa shape index (κ2) is 10.9. The number of carbonyl (C=O) groups is 3. The number of aliphatic hydroxyl groups excluding tert-OH is 1. The summed E-state index contributed by atoms with van der Waals surface area (Å²) >= 11 is 0. The highest BCUT2D eigenvalue weighted by Crippen LogP contribution is 2.29. The molecule has 0 spiro atoms. The molecule has 2 atom stereocenters. The summed E-state index contributed by atoms with van der Waals surface area (Å²) in [6.07, 6.45) is -1.43. The molecule has 1 aromatic carbocycles. The van der Waals surface area contributed by atoms with Crippen LogP contribution in [-0.2, 0) is 23.9 Å². The number of halogens is 1. The van der Waals surface area contributed by atoms with Crippen molar-refractivity contribution in [3.05, 3.63) is 24.0 Å². The van der Waals surface area contributed by atoms with E-state index in [-0.39, 0.29) is 25.6 Å². The average Bonchev–Trinajstić information content (AvgIpc) is 3.15. The monoisotopic (exact) mass is 466 g/mol. The van der Waals surface area contributed by atoms with Gasteiger partial charge >= 0.3 is 12.1 Å². The van der Waals surface area contributed by atoms with Crippen LogP contribution in [0.5, 0.6) is 0 Å². The Morgan fingerprint density at radius 2 is 2.06 bits per heavy atom. The van der Waals surface area contributed by atoms with Gasteiger partial charge in [-0.05, 0) is 18.2 Å². The van der Waals surface area contributed by atoms with Gasteiger partial charge < -0.3 is 29.6 Å². The number of nitrogens with one attached hydrogen (secondary N) is 1. The minimum Gasteiger partial charge on any atom is -0.459 e. The molecular formula is C21H27FN4O7. The van der Waals surface area contributed by atoms with Crippen LogP contribution in [0, 0.1) is 5.82 Å². The van der Waals surface area contributed by atoms with Crippen molar-refractivity contribution in [1.82, 2.24) is 5.32 Å². The Kier molecular flexibility index (Phi) is 8.04. The van der Waals surface area contributed by atoms with E-state index in [4.69, 9.17) is 9.57 Å². The number of hydrogen-bond acceptors (Lipinski definition) is 9. The SMILES string of the molecule is CC(=O)NC[C@H]1CN(c2ccc(N3CCC(=NOC(O)COC(C)=O)CC3)c(F)c2)C(=O)O1. The molecule has 0 aromatic heterocycles. The molecule has 2 amide bonds. The van der Waals surface area contributed by atoms with E-state index in [9.17, 15) is 23.9 Å². The second-order valence-electron chi connectivity index (χ2n) is 7.70. The molecule has 1 unspecified atom stereocenters. The summed E-state index contributed by atoms with van der Waals surface area (Å²) in [5.41, 5.74) is 1.48. The van der Waals surface area contributed by atoms with Crippen molar-refractivity contribution >= 4 is 35.1 Å². The van der Waals surface area contributed by atoms with Crippen molar-refractivity contribution in [3.8, 4) is 0 Å². The number of nitrogens with zero attached hydrogens (tertiary/aromatic N) is 3. The summed E-state index contributed by atoms with van der Waals surface area (Å²) in [7, 11) is 0. The second-order valence-corrected chi connectivity index (χ2v) is 7.70. The fourth-order valence-electron chi connectivity index (χ4n) is 3.47. The number of hydrogen-bond donors (Lipinski definition) is 2. The van der Waals surface area contributed by atoms with Gasteiger partial charge in [0.2, 0.25) is 5.91 Å². The Hall–Kier alpha value is -3.41. The smallest absolute Gasteiger partial charge is 0.414 e. The van der Waals surface area contributed by atoms with Crippen molar-refractivity contribution in [2.75, 3.05) is 42.6 Å². The molecule has 2 saturated heterocycles. The van der Waals surface area contributed by atoms with Crippen molar-refractivity contribution < 1.29 is 38.2 Å². The maximum Gasteiger partial charge on any atom is 0.414 e. The number of oxime groups is 1. The quantitative estimate of drug-likeness (QED) is 0.331. The Morgan fingerprint density at radius 3 is 2.70 bits per heavy atom. The molecule has 2 aliphatic heterocycles. The first-order valence-corrected chi connectivity index (χ1v) is 10.5. The van der Waals surface area contributed by atoms with Crippen LogP contribution in [-0.4, -0.2) is 74.0 Å². The predicted octanol–water partition coefficient (Wildman–Crippen LogP) is 1.14. The van der Waals surface area contributed by atoms with Gasteiger partial charge in [0.15, 0.2) is 6.61 Å². The van der Waals surface area contributed by atoms with Crippen LogP contribution in [0.2, 0.25) is 0 Å². The number of aliphatic hydroxyl groups is 1. The van der Waals surface area contributed by atoms with Gasteiger partial charge in [0, 0.05) is 39.8 Å². The van der Waals surface area contributed by atoms with Crippen LogP contribution < -0.4 is 15.1 Å². The lowest BCUT2D eigenvalue weighted by molar-refractivity contribution is -0.163. The summed E-state index contributed by atoms with van der Waals surface area (Å²) in [5, 5.41) is 16.1. The van der Waals surface area contributed by atoms with Crippen LogP contribution in [0.25, 0.3) is 0 Å². The summed E-state index contributed by atoms with van der Waals surface area (Å²) in [6, 6.07) is 4.55. The molecule has 11 nitrogen and oxygen atoms in total. The lowest BCUT2D eigenvalue weighted by Crippen LogP contribution is -2.35. The normalized spacial score (nSPS) is 19.1. The van der Waals surface area contributed by atoms with E-state index >= 15 is 0 Å². The number of cyclic esters (lactones) is 1. The number of benzene rings is 1. The van der Waals surface area contributed by atoms with Crippen LogP contribution in [0.1, 0.15) is 26.7 Å². The average molecular weight is 466 g/mol. The predicted molar refractivity (Wildman–Crippen MR) is 115 cm³/mol. The first-order valence-electron chi connectivity index (χ1n) is 10.5. The maximum absolute atomic E-state index is 14.9. The van der Waals surface area contributed by atoms with Gasteiger partial charge in [-0.25, -0.2) is 9.18 Å². The molecule has 1 aromatic rings. The number of rotatable bonds is 8. The van der Waals surface area contributed by atoms with E-state index in [1.54, 1.807) is 12.1 Å². The fraction of sp³-hybridized carbons (Fsp3) is 0.524. The van der Waals surface area contributed by atoms with E-state index < -0.39 is 30.3 Å². The Labute approximate surface area is 190 Å². The van der Waals surface area contributed by atoms with Gasteiger partial charge in [0.1, 0.15) is 11.9 Å². The summed E-state index contributed by atoms with van der Waals surface area (Å²) in [4.78, 5) is 42.0. The van der Waals surface area contributed by atoms with Gasteiger partial charge in [-0.1, -0.05) is 5.16 Å². The molecule has 0 bridgehead atoms. The standard InChI is InChI=1S/C21H27FN4O7/c1-13(27)23-10-17-11-26(21(30)32-17)16-3-4-19(18(22)9-16)25-7-5-15(6-8-25)24-33-20(29)12-31-14(2)28/h3-4,9,17,20,29H,5-8,10-12H2,1-2H3,(H,23,27)/t17-,20?/m0/s1. The van der Waals surface area contributed by atoms with Gasteiger partial charge in [-0.3, -0.25) is 14.5 Å². The zero-order chi connectivity index (χ0) is 24.0. The highest BCUT2D eigenvalue weighted by atomic mass is 19.1. The molecule has 12 heteroatoms. The topological polar surface area (TPSA) is 130 Å². The van der Waals surface area contributed by atoms with Gasteiger partial charge in [-0.15, -0.1) is 0 Å². The minimum absolute atomic E-state index is 0.195. The minimum atomic E-state index is -1.35. The Bertz CT molecular complexity index is 916. The Balaban J connectivity index is 1.54. The molecule has 0 aliphatic carbocycles. The van der Waals surface area contributed by atoms with Crippen molar-refractivity contribution in [1.29, 1.82) is 0 Å². The van der Waals surface area contributed by atoms with Gasteiger partial charge in [-0.2, -0.15) is 0 Å². The fourth-order valence-corrected chi connectivity index (χ4v) is 3.47. The summed E-state index contributed by atoms with van der Waals surface area (Å²) < 4.78 is 24.7. The molecule has 33 heavy (non-hydrogen) atoms. The molecule has 180 valence electrons. The van der Waals surface area contributed by atoms with Crippen LogP contribution >= 0.6 is 0 Å². The lowest BCUT2D eigenvalue weighted by Gasteiger charge is -2.30. The number of carbonyl (C=O) groups excluding carboxylic acids is 3. The molecule has 2 heterocycles. The third-order valence-electron chi connectivity index (χ3n) is 5.11. The first-order chi connectivity index (χ1) is 15.7. The summed E-state index contributed by atoms with van der Waals surface area (Å²) in [6.45, 7) is 3.67. The van der Waals surface area contributed by atoms with Gasteiger partial charge in [0.05, 0.1) is 30.2 Å². The Morgan fingerprint density at radius 1 is 1.33 bits per heavy atom. The molecule has 0 saturated carbocycles. The molecule has 0 radical (unpaired) electrons. The van der Waals surface area contributed by atoms with Crippen molar-refractivity contribution in [2.24, 2.45) is 5.16 Å². The number of esters is 1. The summed E-state index contributed by atoms with van der Waals surface area (Å²) in [5.74, 6) is -1.23. The van der Waals surface area contributed by atoms with E-state index in [0.29, 0.717) is 43.0 Å². The number of ether oxygens (including phenoxy) is 2. The maximum atomic E-state index is 14.9.